The lowest BCUT2D eigenvalue weighted by atomic mass is 10.2. The van der Waals surface area contributed by atoms with Crippen molar-refractivity contribution in [2.45, 2.75) is 39.3 Å². The monoisotopic (exact) mass is 245 g/mol. The topological polar surface area (TPSA) is 113 Å². The minimum absolute atomic E-state index is 0.0528. The summed E-state index contributed by atoms with van der Waals surface area (Å²) in [5.41, 5.74) is 4.91. The minimum Gasteiger partial charge on any atom is -0.480 e. The second-order valence-electron chi connectivity index (χ2n) is 3.89. The minimum atomic E-state index is -1.28. The van der Waals surface area contributed by atoms with E-state index in [2.05, 4.69) is 5.32 Å². The van der Waals surface area contributed by atoms with Crippen LogP contribution >= 0.6 is 0 Å². The zero-order chi connectivity index (χ0) is 13.6. The molecule has 0 aliphatic rings. The van der Waals surface area contributed by atoms with Crippen molar-refractivity contribution >= 4 is 17.9 Å². The Balaban J connectivity index is 4.59. The number of carbonyl (C=O) groups is 3. The molecule has 0 saturated heterocycles. The fourth-order valence-corrected chi connectivity index (χ4v) is 1.38. The van der Waals surface area contributed by atoms with E-state index in [0.29, 0.717) is 6.54 Å². The summed E-state index contributed by atoms with van der Waals surface area (Å²) in [6, 6.07) is -1.85. The predicted octanol–water partition coefficient (Wildman–Crippen LogP) is -0.245. The molecule has 4 N–H and O–H groups in total. The van der Waals surface area contributed by atoms with Crippen LogP contribution in [-0.2, 0) is 9.59 Å². The standard InChI is InChI=1S/C10H19N3O4/c1-4-13(6(2)3)10(17)12-7(9(15)16)5-8(11)14/h6-7H,4-5H2,1-3H3,(H2,11,14)(H,12,17)(H,15,16). The van der Waals surface area contributed by atoms with Gasteiger partial charge in [-0.25, -0.2) is 9.59 Å². The van der Waals surface area contributed by atoms with E-state index in [-0.39, 0.29) is 6.04 Å². The van der Waals surface area contributed by atoms with Crippen molar-refractivity contribution in [1.82, 2.24) is 10.2 Å². The number of aliphatic carboxylic acids is 1. The Morgan fingerprint density at radius 1 is 1.35 bits per heavy atom. The van der Waals surface area contributed by atoms with Gasteiger partial charge in [0.2, 0.25) is 5.91 Å². The highest BCUT2D eigenvalue weighted by Gasteiger charge is 2.25. The summed E-state index contributed by atoms with van der Waals surface area (Å²) in [7, 11) is 0. The molecule has 3 amide bonds. The predicted molar refractivity (Wildman–Crippen MR) is 61.3 cm³/mol. The van der Waals surface area contributed by atoms with Gasteiger partial charge in [-0.05, 0) is 20.8 Å². The Kier molecular flexibility index (Phi) is 6.01. The highest BCUT2D eigenvalue weighted by atomic mass is 16.4. The van der Waals surface area contributed by atoms with Gasteiger partial charge in [0.1, 0.15) is 6.04 Å². The van der Waals surface area contributed by atoms with Crippen LogP contribution in [0.1, 0.15) is 27.2 Å². The SMILES string of the molecule is CCN(C(=O)NC(CC(N)=O)C(=O)O)C(C)C. The molecule has 0 aliphatic heterocycles. The van der Waals surface area contributed by atoms with Gasteiger partial charge in [-0.1, -0.05) is 0 Å². The first-order chi connectivity index (χ1) is 7.79. The number of carboxylic acid groups (broad SMARTS) is 1. The van der Waals surface area contributed by atoms with E-state index in [4.69, 9.17) is 10.8 Å². The summed E-state index contributed by atoms with van der Waals surface area (Å²) in [6.07, 6.45) is -0.420. The number of nitrogens with two attached hydrogens (primary N) is 1. The van der Waals surface area contributed by atoms with E-state index in [9.17, 15) is 14.4 Å². The third-order valence-corrected chi connectivity index (χ3v) is 2.23. The van der Waals surface area contributed by atoms with E-state index in [1.807, 2.05) is 13.8 Å². The average Bonchev–Trinajstić information content (AvgIpc) is 2.15. The van der Waals surface area contributed by atoms with Crippen molar-refractivity contribution in [3.63, 3.8) is 0 Å². The molecule has 0 radical (unpaired) electrons. The molecule has 7 heteroatoms. The van der Waals surface area contributed by atoms with Crippen LogP contribution < -0.4 is 11.1 Å². The van der Waals surface area contributed by atoms with Crippen molar-refractivity contribution in [2.75, 3.05) is 6.54 Å². The molecule has 0 spiro atoms. The Labute approximate surface area is 100.0 Å². The van der Waals surface area contributed by atoms with Gasteiger partial charge in [-0.2, -0.15) is 0 Å². The number of urea groups is 1. The van der Waals surface area contributed by atoms with E-state index in [1.165, 1.54) is 4.90 Å². The quantitative estimate of drug-likeness (QED) is 0.599. The van der Waals surface area contributed by atoms with Gasteiger partial charge < -0.3 is 21.1 Å². The fourth-order valence-electron chi connectivity index (χ4n) is 1.38. The Bertz CT molecular complexity index is 304. The van der Waals surface area contributed by atoms with E-state index in [0.717, 1.165) is 0 Å². The molecule has 0 aromatic heterocycles. The summed E-state index contributed by atoms with van der Waals surface area (Å²) >= 11 is 0. The van der Waals surface area contributed by atoms with Gasteiger partial charge in [0.15, 0.2) is 0 Å². The van der Waals surface area contributed by atoms with Gasteiger partial charge in [0, 0.05) is 12.6 Å². The first-order valence-corrected chi connectivity index (χ1v) is 5.37. The van der Waals surface area contributed by atoms with Gasteiger partial charge >= 0.3 is 12.0 Å². The lowest BCUT2D eigenvalue weighted by molar-refractivity contribution is -0.141. The number of rotatable bonds is 6. The summed E-state index contributed by atoms with van der Waals surface area (Å²) < 4.78 is 0. The molecule has 0 aliphatic carbocycles. The number of primary amides is 1. The summed E-state index contributed by atoms with van der Waals surface area (Å²) in [5.74, 6) is -2.05. The Morgan fingerprint density at radius 2 is 1.88 bits per heavy atom. The number of hydrogen-bond acceptors (Lipinski definition) is 3. The molecule has 0 aromatic carbocycles. The molecule has 0 bridgehead atoms. The summed E-state index contributed by atoms with van der Waals surface area (Å²) in [4.78, 5) is 34.6. The van der Waals surface area contributed by atoms with Crippen molar-refractivity contribution in [2.24, 2.45) is 5.73 Å². The average molecular weight is 245 g/mol. The molecule has 17 heavy (non-hydrogen) atoms. The van der Waals surface area contributed by atoms with Crippen LogP contribution in [-0.4, -0.2) is 46.5 Å². The van der Waals surface area contributed by atoms with Crippen LogP contribution in [0, 0.1) is 0 Å². The number of carboxylic acids is 1. The number of amides is 3. The van der Waals surface area contributed by atoms with Crippen molar-refractivity contribution in [3.05, 3.63) is 0 Å². The molecular weight excluding hydrogens is 226 g/mol. The Hall–Kier alpha value is -1.79. The van der Waals surface area contributed by atoms with Crippen LogP contribution in [0.4, 0.5) is 4.79 Å². The third-order valence-electron chi connectivity index (χ3n) is 2.23. The highest BCUT2D eigenvalue weighted by Crippen LogP contribution is 2.00. The zero-order valence-corrected chi connectivity index (χ0v) is 10.3. The van der Waals surface area contributed by atoms with E-state index >= 15 is 0 Å². The van der Waals surface area contributed by atoms with Crippen LogP contribution in [0.2, 0.25) is 0 Å². The largest absolute Gasteiger partial charge is 0.480 e. The molecule has 1 unspecified atom stereocenters. The van der Waals surface area contributed by atoms with Crippen LogP contribution in [0.15, 0.2) is 0 Å². The molecule has 0 rings (SSSR count). The van der Waals surface area contributed by atoms with Crippen LogP contribution in [0.25, 0.3) is 0 Å². The molecule has 0 heterocycles. The number of nitrogens with zero attached hydrogens (tertiary/aromatic N) is 1. The maximum Gasteiger partial charge on any atom is 0.326 e. The number of nitrogens with one attached hydrogen (secondary N) is 1. The van der Waals surface area contributed by atoms with Gasteiger partial charge in [0.25, 0.3) is 0 Å². The van der Waals surface area contributed by atoms with Crippen molar-refractivity contribution in [3.8, 4) is 0 Å². The van der Waals surface area contributed by atoms with Crippen LogP contribution in [0.5, 0.6) is 0 Å². The molecular formula is C10H19N3O4. The van der Waals surface area contributed by atoms with Gasteiger partial charge in [0.05, 0.1) is 6.42 Å². The summed E-state index contributed by atoms with van der Waals surface area (Å²) in [6.45, 7) is 5.86. The molecule has 0 fully saturated rings. The number of hydrogen-bond donors (Lipinski definition) is 3. The normalized spacial score (nSPS) is 12.0. The second-order valence-corrected chi connectivity index (χ2v) is 3.89. The van der Waals surface area contributed by atoms with Gasteiger partial charge in [-0.3, -0.25) is 4.79 Å². The molecule has 98 valence electrons. The zero-order valence-electron chi connectivity index (χ0n) is 10.3. The lowest BCUT2D eigenvalue weighted by Gasteiger charge is -2.26. The fraction of sp³-hybridized carbons (Fsp3) is 0.700. The Morgan fingerprint density at radius 3 is 2.18 bits per heavy atom. The molecule has 0 aromatic rings. The van der Waals surface area contributed by atoms with E-state index < -0.39 is 30.4 Å². The maximum atomic E-state index is 11.7. The molecule has 7 nitrogen and oxygen atoms in total. The van der Waals surface area contributed by atoms with E-state index in [1.54, 1.807) is 6.92 Å². The van der Waals surface area contributed by atoms with Crippen molar-refractivity contribution < 1.29 is 19.5 Å². The first-order valence-electron chi connectivity index (χ1n) is 5.37. The number of carbonyl (C=O) groups excluding carboxylic acids is 2. The van der Waals surface area contributed by atoms with Crippen LogP contribution in [0.3, 0.4) is 0 Å². The molecule has 0 saturated carbocycles. The lowest BCUT2D eigenvalue weighted by Crippen LogP contribution is -2.51. The third kappa shape index (κ3) is 5.19. The maximum absolute atomic E-state index is 11.7. The smallest absolute Gasteiger partial charge is 0.326 e. The van der Waals surface area contributed by atoms with Gasteiger partial charge in [-0.15, -0.1) is 0 Å². The second kappa shape index (κ2) is 6.72. The molecule has 1 atom stereocenters. The van der Waals surface area contributed by atoms with Crippen molar-refractivity contribution in [1.29, 1.82) is 0 Å². The highest BCUT2D eigenvalue weighted by molar-refractivity contribution is 5.87. The first kappa shape index (κ1) is 15.2. The summed E-state index contributed by atoms with van der Waals surface area (Å²) in [5, 5.41) is 11.1.